The van der Waals surface area contributed by atoms with Crippen molar-refractivity contribution < 1.29 is 22.7 Å². The number of piperazine rings is 1. The molecule has 0 aliphatic carbocycles. The predicted molar refractivity (Wildman–Crippen MR) is 101 cm³/mol. The number of alkyl halides is 3. The van der Waals surface area contributed by atoms with Crippen molar-refractivity contribution in [3.8, 4) is 5.75 Å². The lowest BCUT2D eigenvalue weighted by Crippen LogP contribution is -2.58. The van der Waals surface area contributed by atoms with Crippen LogP contribution in [0, 0.1) is 6.92 Å². The van der Waals surface area contributed by atoms with Crippen molar-refractivity contribution in [3.05, 3.63) is 28.8 Å². The molecule has 2 N–H and O–H groups in total. The molecule has 1 saturated heterocycles. The second kappa shape index (κ2) is 10.4. The molecule has 1 aromatic rings. The molecule has 0 bridgehead atoms. The molecule has 1 aliphatic heterocycles. The van der Waals surface area contributed by atoms with Crippen molar-refractivity contribution in [1.29, 1.82) is 0 Å². The van der Waals surface area contributed by atoms with Crippen LogP contribution in [0.4, 0.5) is 13.2 Å². The van der Waals surface area contributed by atoms with Gasteiger partial charge in [-0.05, 0) is 37.6 Å². The van der Waals surface area contributed by atoms with Crippen LogP contribution in [0.25, 0.3) is 0 Å². The highest BCUT2D eigenvalue weighted by Gasteiger charge is 2.44. The summed E-state index contributed by atoms with van der Waals surface area (Å²) in [6.45, 7) is 4.35. The van der Waals surface area contributed by atoms with Crippen LogP contribution in [0.3, 0.4) is 0 Å². The summed E-state index contributed by atoms with van der Waals surface area (Å²) in [7, 11) is 0. The number of hydrogen-bond donors (Lipinski definition) is 2. The normalized spacial score (nSPS) is 17.6. The smallest absolute Gasteiger partial charge is 0.405 e. The molecule has 5 nitrogen and oxygen atoms in total. The van der Waals surface area contributed by atoms with Gasteiger partial charge in [0.2, 0.25) is 0 Å². The van der Waals surface area contributed by atoms with Gasteiger partial charge in [-0.1, -0.05) is 11.6 Å². The van der Waals surface area contributed by atoms with Gasteiger partial charge in [0, 0.05) is 37.7 Å². The minimum absolute atomic E-state index is 0. The van der Waals surface area contributed by atoms with Crippen LogP contribution < -0.4 is 15.4 Å². The lowest BCUT2D eigenvalue weighted by atomic mass is 10.2. The van der Waals surface area contributed by atoms with Crippen LogP contribution in [0.15, 0.2) is 18.2 Å². The third-order valence-corrected chi connectivity index (χ3v) is 4.68. The first-order chi connectivity index (χ1) is 12.2. The lowest BCUT2D eigenvalue weighted by Gasteiger charge is -2.36. The maximum Gasteiger partial charge on any atom is 0.405 e. The van der Waals surface area contributed by atoms with Gasteiger partial charge in [-0.2, -0.15) is 13.2 Å². The monoisotopic (exact) mass is 429 g/mol. The van der Waals surface area contributed by atoms with E-state index in [1.165, 1.54) is 11.8 Å². The average molecular weight is 430 g/mol. The zero-order valence-electron chi connectivity index (χ0n) is 15.1. The highest BCUT2D eigenvalue weighted by Crippen LogP contribution is 2.25. The molecule has 154 valence electrons. The molecule has 0 saturated carbocycles. The number of benzene rings is 1. The Hall–Kier alpha value is -1.22. The molecule has 2 unspecified atom stereocenters. The fourth-order valence-electron chi connectivity index (χ4n) is 2.73. The summed E-state index contributed by atoms with van der Waals surface area (Å²) in [5.41, 5.74) is 0.785. The Kier molecular flexibility index (Phi) is 9.14. The Morgan fingerprint density at radius 2 is 2.00 bits per heavy atom. The predicted octanol–water partition coefficient (Wildman–Crippen LogP) is 2.79. The molecular formula is C17H24Cl2F3N3O2. The fourth-order valence-corrected chi connectivity index (χ4v) is 2.85. The van der Waals surface area contributed by atoms with Gasteiger partial charge in [0.1, 0.15) is 11.8 Å². The second-order valence-electron chi connectivity index (χ2n) is 6.26. The van der Waals surface area contributed by atoms with Crippen LogP contribution in [-0.2, 0) is 4.79 Å². The molecule has 0 spiro atoms. The molecule has 1 aliphatic rings. The van der Waals surface area contributed by atoms with Gasteiger partial charge >= 0.3 is 6.18 Å². The summed E-state index contributed by atoms with van der Waals surface area (Å²) in [6.07, 6.45) is -5.34. The molecule has 0 radical (unpaired) electrons. The quantitative estimate of drug-likeness (QED) is 0.729. The third-order valence-electron chi connectivity index (χ3n) is 4.25. The zero-order chi connectivity index (χ0) is 19.3. The van der Waals surface area contributed by atoms with Gasteiger partial charge in [-0.3, -0.25) is 9.69 Å². The van der Waals surface area contributed by atoms with Crippen molar-refractivity contribution in [3.63, 3.8) is 0 Å². The number of nitrogens with zero attached hydrogens (tertiary/aromatic N) is 1. The van der Waals surface area contributed by atoms with Gasteiger partial charge in [-0.25, -0.2) is 0 Å². The molecule has 2 rings (SSSR count). The minimum Gasteiger partial charge on any atom is -0.481 e. The zero-order valence-corrected chi connectivity index (χ0v) is 16.7. The van der Waals surface area contributed by atoms with Crippen molar-refractivity contribution in [2.24, 2.45) is 0 Å². The minimum atomic E-state index is -4.41. The first-order valence-electron chi connectivity index (χ1n) is 8.40. The Bertz CT molecular complexity index is 626. The maximum atomic E-state index is 13.3. The number of hydrogen-bond acceptors (Lipinski definition) is 4. The van der Waals surface area contributed by atoms with Crippen molar-refractivity contribution in [2.45, 2.75) is 32.2 Å². The molecule has 27 heavy (non-hydrogen) atoms. The number of aryl methyl sites for hydroxylation is 1. The van der Waals surface area contributed by atoms with Crippen LogP contribution in [0.2, 0.25) is 5.02 Å². The average Bonchev–Trinajstić information content (AvgIpc) is 2.58. The van der Waals surface area contributed by atoms with E-state index in [-0.39, 0.29) is 25.5 Å². The number of halogens is 5. The van der Waals surface area contributed by atoms with E-state index >= 15 is 0 Å². The molecule has 1 fully saturated rings. The Labute approximate surface area is 168 Å². The largest absolute Gasteiger partial charge is 0.481 e. The van der Waals surface area contributed by atoms with E-state index in [0.29, 0.717) is 23.9 Å². The van der Waals surface area contributed by atoms with Crippen molar-refractivity contribution in [2.75, 3.05) is 32.7 Å². The Balaban J connectivity index is 0.00000364. The highest BCUT2D eigenvalue weighted by molar-refractivity contribution is 6.31. The summed E-state index contributed by atoms with van der Waals surface area (Å²) in [4.78, 5) is 13.5. The second-order valence-corrected chi connectivity index (χ2v) is 6.67. The number of ether oxygens (including phenoxy) is 1. The molecule has 1 amide bonds. The van der Waals surface area contributed by atoms with Crippen LogP contribution >= 0.6 is 24.0 Å². The van der Waals surface area contributed by atoms with Crippen LogP contribution in [-0.4, -0.2) is 61.9 Å². The first-order valence-corrected chi connectivity index (χ1v) is 8.78. The number of carbonyl (C=O) groups excluding carboxylic acids is 1. The molecule has 0 aromatic heterocycles. The Morgan fingerprint density at radius 1 is 1.37 bits per heavy atom. The van der Waals surface area contributed by atoms with Gasteiger partial charge in [-0.15, -0.1) is 12.4 Å². The topological polar surface area (TPSA) is 53.6 Å². The van der Waals surface area contributed by atoms with E-state index < -0.39 is 30.8 Å². The highest BCUT2D eigenvalue weighted by atomic mass is 35.5. The van der Waals surface area contributed by atoms with E-state index in [1.807, 2.05) is 0 Å². The number of rotatable bonds is 6. The number of carbonyl (C=O) groups is 1. The van der Waals surface area contributed by atoms with Gasteiger partial charge in [0.05, 0.1) is 0 Å². The van der Waals surface area contributed by atoms with E-state index in [0.717, 1.165) is 5.56 Å². The molecular weight excluding hydrogens is 406 g/mol. The Morgan fingerprint density at radius 3 is 2.56 bits per heavy atom. The van der Waals surface area contributed by atoms with Gasteiger partial charge in [0.25, 0.3) is 5.91 Å². The van der Waals surface area contributed by atoms with E-state index in [2.05, 4.69) is 10.6 Å². The van der Waals surface area contributed by atoms with Crippen LogP contribution in [0.5, 0.6) is 5.75 Å². The summed E-state index contributed by atoms with van der Waals surface area (Å²) in [6, 6.07) is 3.21. The van der Waals surface area contributed by atoms with Gasteiger partial charge < -0.3 is 15.4 Å². The van der Waals surface area contributed by atoms with Crippen molar-refractivity contribution >= 4 is 29.9 Å². The van der Waals surface area contributed by atoms with Crippen molar-refractivity contribution in [1.82, 2.24) is 15.5 Å². The van der Waals surface area contributed by atoms with Gasteiger partial charge in [0.15, 0.2) is 6.10 Å². The molecule has 1 heterocycles. The lowest BCUT2D eigenvalue weighted by molar-refractivity contribution is -0.184. The molecule has 2 atom stereocenters. The summed E-state index contributed by atoms with van der Waals surface area (Å²) in [5.74, 6) is -0.161. The van der Waals surface area contributed by atoms with E-state index in [1.54, 1.807) is 25.1 Å². The molecule has 1 aromatic carbocycles. The standard InChI is InChI=1S/C17H23ClF3N3O2.ClH/c1-11-9-13(3-4-14(11)18)26-12(2)16(25)23-10-15(17(19,20)21)24-7-5-22-6-8-24;/h3-4,9,12,15,22H,5-8,10H2,1-2H3,(H,23,25);1H. The third kappa shape index (κ3) is 7.03. The van der Waals surface area contributed by atoms with E-state index in [4.69, 9.17) is 16.3 Å². The maximum absolute atomic E-state index is 13.3. The summed E-state index contributed by atoms with van der Waals surface area (Å²) >= 11 is 5.93. The summed E-state index contributed by atoms with van der Waals surface area (Å²) < 4.78 is 45.5. The molecule has 10 heteroatoms. The number of nitrogens with one attached hydrogen (secondary N) is 2. The SMILES string of the molecule is Cc1cc(OC(C)C(=O)NCC(N2CCNCC2)C(F)(F)F)ccc1Cl.Cl. The number of amides is 1. The fraction of sp³-hybridized carbons (Fsp3) is 0.588. The van der Waals surface area contributed by atoms with Crippen LogP contribution in [0.1, 0.15) is 12.5 Å². The van der Waals surface area contributed by atoms with E-state index in [9.17, 15) is 18.0 Å². The first kappa shape index (κ1) is 23.8. The summed E-state index contributed by atoms with van der Waals surface area (Å²) in [5, 5.41) is 5.94.